The average Bonchev–Trinajstić information content (AvgIpc) is 3.13. The second-order valence-electron chi connectivity index (χ2n) is 13.1. The van der Waals surface area contributed by atoms with Crippen molar-refractivity contribution in [3.63, 3.8) is 0 Å². The summed E-state index contributed by atoms with van der Waals surface area (Å²) in [6.07, 6.45) is 0. The van der Waals surface area contributed by atoms with Crippen molar-refractivity contribution in [2.24, 2.45) is 0 Å². The van der Waals surface area contributed by atoms with E-state index in [0.717, 1.165) is 38.1 Å². The van der Waals surface area contributed by atoms with Gasteiger partial charge in [0.15, 0.2) is 5.30 Å². The Morgan fingerprint density at radius 3 is 1.87 bits per heavy atom. The highest BCUT2D eigenvalue weighted by Gasteiger charge is 2.35. The van der Waals surface area contributed by atoms with Crippen molar-refractivity contribution in [1.82, 2.24) is 0 Å². The Morgan fingerprint density at radius 1 is 0.447 bits per heavy atom. The smallest absolute Gasteiger partial charge is 0.0622 e. The molecule has 1 atom stereocenters. The third-order valence-electron chi connectivity index (χ3n) is 10.2. The lowest BCUT2D eigenvalue weighted by molar-refractivity contribution is 0.598. The van der Waals surface area contributed by atoms with E-state index in [1.54, 1.807) is 0 Å². The van der Waals surface area contributed by atoms with Crippen molar-refractivity contribution >= 4 is 50.7 Å². The molecule has 47 heavy (non-hydrogen) atoms. The molecule has 0 amide bonds. The number of fused-ring (bicyclic) bond motifs is 5. The summed E-state index contributed by atoms with van der Waals surface area (Å²) in [5, 5.41) is 8.94. The first-order valence-corrected chi connectivity index (χ1v) is 17.5. The summed E-state index contributed by atoms with van der Waals surface area (Å²) in [7, 11) is -1.80. The summed E-state index contributed by atoms with van der Waals surface area (Å²) in [6, 6.07) is 56.0. The minimum Gasteiger partial charge on any atom is -0.0622 e. The van der Waals surface area contributed by atoms with Gasteiger partial charge in [-0.15, -0.1) is 0 Å². The van der Waals surface area contributed by atoms with Crippen LogP contribution in [0.2, 0.25) is 0 Å². The van der Waals surface area contributed by atoms with E-state index in [1.165, 1.54) is 49.4 Å². The molecule has 0 radical (unpaired) electrons. The first-order valence-electron chi connectivity index (χ1n) is 16.2. The maximum atomic E-state index is 14.3. The summed E-state index contributed by atoms with van der Waals surface area (Å²) in [6.45, 7) is 4.71. The van der Waals surface area contributed by atoms with E-state index in [0.29, 0.717) is 0 Å². The molecule has 9 rings (SSSR count). The Labute approximate surface area is 275 Å². The van der Waals surface area contributed by atoms with Crippen LogP contribution in [0.15, 0.2) is 158 Å². The molecular formula is C45H32OP+. The summed E-state index contributed by atoms with van der Waals surface area (Å²) in [5.41, 5.74) is 9.88. The SMILES string of the molecule is CC1(C)c2ccccc2-c2c3ccccc3c(-c3ccc([P+](=O)c4ccccc4)c4cc(-c5ccccc5)ccc34)c3cccc1c23. The van der Waals surface area contributed by atoms with Gasteiger partial charge in [0.25, 0.3) is 0 Å². The molecule has 2 heteroatoms. The summed E-state index contributed by atoms with van der Waals surface area (Å²) in [5.74, 6) is 0. The molecule has 8 aromatic carbocycles. The molecule has 0 spiro atoms. The standard InChI is InChI=1S/C45H32OP/c1-45(2)39-22-12-11-20-36(39)43-34-19-10-9-18-33(34)42(37-21-13-23-40(45)44(37)43)35-26-27-41(47(46)31-16-7-4-8-17-31)38-28-30(24-25-32(35)38)29-14-5-3-6-15-29/h3-28H,1-2H3/q+1. The van der Waals surface area contributed by atoms with Crippen molar-refractivity contribution in [3.05, 3.63) is 169 Å². The third-order valence-corrected chi connectivity index (χ3v) is 11.8. The van der Waals surface area contributed by atoms with Gasteiger partial charge < -0.3 is 0 Å². The quantitative estimate of drug-likeness (QED) is 0.141. The zero-order valence-corrected chi connectivity index (χ0v) is 27.3. The number of hydrogen-bond acceptors (Lipinski definition) is 1. The van der Waals surface area contributed by atoms with Crippen LogP contribution in [0.25, 0.3) is 65.7 Å². The molecule has 0 heterocycles. The molecule has 0 fully saturated rings. The fraction of sp³-hybridized carbons (Fsp3) is 0.0667. The highest BCUT2D eigenvalue weighted by atomic mass is 31.1. The normalized spacial score (nSPS) is 13.5. The highest BCUT2D eigenvalue weighted by Crippen LogP contribution is 2.54. The zero-order valence-electron chi connectivity index (χ0n) is 26.4. The van der Waals surface area contributed by atoms with Crippen LogP contribution < -0.4 is 10.6 Å². The van der Waals surface area contributed by atoms with Gasteiger partial charge in [-0.1, -0.05) is 146 Å². The van der Waals surface area contributed by atoms with Gasteiger partial charge >= 0.3 is 7.80 Å². The lowest BCUT2D eigenvalue weighted by atomic mass is 9.67. The largest absolute Gasteiger partial charge is 0.415 e. The Kier molecular flexibility index (Phi) is 6.29. The Morgan fingerprint density at radius 2 is 1.09 bits per heavy atom. The van der Waals surface area contributed by atoms with E-state index in [1.807, 2.05) is 36.4 Å². The lowest BCUT2D eigenvalue weighted by Gasteiger charge is -2.36. The van der Waals surface area contributed by atoms with Gasteiger partial charge in [0.2, 0.25) is 5.30 Å². The minimum absolute atomic E-state index is 0.145. The molecule has 1 nitrogen and oxygen atoms in total. The molecule has 0 bridgehead atoms. The summed E-state index contributed by atoms with van der Waals surface area (Å²) < 4.78 is 14.3. The molecular weight excluding hydrogens is 587 g/mol. The van der Waals surface area contributed by atoms with E-state index in [2.05, 4.69) is 135 Å². The van der Waals surface area contributed by atoms with Gasteiger partial charge in [-0.05, 0) is 102 Å². The molecule has 222 valence electrons. The average molecular weight is 620 g/mol. The summed E-state index contributed by atoms with van der Waals surface area (Å²) in [4.78, 5) is 0. The molecule has 1 unspecified atom stereocenters. The van der Waals surface area contributed by atoms with Crippen LogP contribution in [-0.4, -0.2) is 0 Å². The Hall–Kier alpha value is -5.36. The van der Waals surface area contributed by atoms with Gasteiger partial charge in [-0.2, -0.15) is 0 Å². The van der Waals surface area contributed by atoms with Crippen molar-refractivity contribution < 1.29 is 4.57 Å². The van der Waals surface area contributed by atoms with Crippen molar-refractivity contribution in [2.45, 2.75) is 19.3 Å². The van der Waals surface area contributed by atoms with Crippen LogP contribution >= 0.6 is 7.80 Å². The van der Waals surface area contributed by atoms with Gasteiger partial charge in [0.1, 0.15) is 0 Å². The van der Waals surface area contributed by atoms with Crippen LogP contribution in [0.3, 0.4) is 0 Å². The van der Waals surface area contributed by atoms with Gasteiger partial charge in [0.05, 0.1) is 0 Å². The first-order chi connectivity index (χ1) is 23.0. The fourth-order valence-electron chi connectivity index (χ4n) is 7.95. The van der Waals surface area contributed by atoms with E-state index in [9.17, 15) is 4.57 Å². The van der Waals surface area contributed by atoms with Crippen LogP contribution in [0.1, 0.15) is 25.0 Å². The second-order valence-corrected chi connectivity index (χ2v) is 14.7. The topological polar surface area (TPSA) is 17.1 Å². The maximum Gasteiger partial charge on any atom is 0.415 e. The molecule has 0 saturated heterocycles. The number of hydrogen-bond donors (Lipinski definition) is 0. The van der Waals surface area contributed by atoms with Crippen molar-refractivity contribution in [1.29, 1.82) is 0 Å². The summed E-state index contributed by atoms with van der Waals surface area (Å²) >= 11 is 0. The molecule has 8 aromatic rings. The van der Waals surface area contributed by atoms with Gasteiger partial charge in [-0.25, -0.2) is 0 Å². The molecule has 0 N–H and O–H groups in total. The molecule has 1 aliphatic carbocycles. The number of benzene rings is 8. The highest BCUT2D eigenvalue weighted by molar-refractivity contribution is 7.62. The third kappa shape index (κ3) is 4.17. The number of rotatable bonds is 4. The van der Waals surface area contributed by atoms with E-state index in [-0.39, 0.29) is 5.41 Å². The van der Waals surface area contributed by atoms with E-state index >= 15 is 0 Å². The molecule has 0 saturated carbocycles. The van der Waals surface area contributed by atoms with Crippen LogP contribution in [-0.2, 0) is 9.98 Å². The monoisotopic (exact) mass is 619 g/mol. The Bertz CT molecular complexity index is 2550. The molecule has 0 aliphatic heterocycles. The minimum atomic E-state index is -1.80. The Balaban J connectivity index is 1.41. The zero-order chi connectivity index (χ0) is 31.7. The van der Waals surface area contributed by atoms with E-state index < -0.39 is 7.80 Å². The van der Waals surface area contributed by atoms with Crippen molar-refractivity contribution in [2.75, 3.05) is 0 Å². The van der Waals surface area contributed by atoms with Crippen molar-refractivity contribution in [3.8, 4) is 33.4 Å². The lowest BCUT2D eigenvalue weighted by Crippen LogP contribution is -2.23. The second kappa shape index (κ2) is 10.6. The predicted molar refractivity (Wildman–Crippen MR) is 201 cm³/mol. The molecule has 0 aromatic heterocycles. The van der Waals surface area contributed by atoms with Crippen LogP contribution in [0.4, 0.5) is 0 Å². The molecule has 1 aliphatic rings. The maximum absolute atomic E-state index is 14.3. The van der Waals surface area contributed by atoms with Crippen LogP contribution in [0, 0.1) is 0 Å². The van der Waals surface area contributed by atoms with Gasteiger partial charge in [0, 0.05) is 10.8 Å². The first kappa shape index (κ1) is 27.9. The fourth-order valence-corrected chi connectivity index (χ4v) is 9.29. The predicted octanol–water partition coefficient (Wildman–Crippen LogP) is 11.6. The van der Waals surface area contributed by atoms with E-state index in [4.69, 9.17) is 0 Å². The van der Waals surface area contributed by atoms with Gasteiger partial charge in [-0.3, -0.25) is 0 Å². The van der Waals surface area contributed by atoms with Crippen LogP contribution in [0.5, 0.6) is 0 Å².